The van der Waals surface area contributed by atoms with Crippen molar-refractivity contribution in [3.05, 3.63) is 24.2 Å². The van der Waals surface area contributed by atoms with E-state index in [0.717, 1.165) is 0 Å². The SMILES string of the molecule is CC(C)OP(=O)(OC(C)C)[C@@H](CC=O)c1ccco1. The van der Waals surface area contributed by atoms with Crippen LogP contribution >= 0.6 is 7.60 Å². The van der Waals surface area contributed by atoms with E-state index < -0.39 is 13.3 Å². The van der Waals surface area contributed by atoms with E-state index in [-0.39, 0.29) is 18.6 Å². The van der Waals surface area contributed by atoms with E-state index in [1.165, 1.54) is 6.26 Å². The molecule has 0 unspecified atom stereocenters. The summed E-state index contributed by atoms with van der Waals surface area (Å²) in [6, 6.07) is 3.36. The van der Waals surface area contributed by atoms with Gasteiger partial charge in [-0.3, -0.25) is 4.57 Å². The Morgan fingerprint density at radius 3 is 2.21 bits per heavy atom. The van der Waals surface area contributed by atoms with Gasteiger partial charge >= 0.3 is 7.60 Å². The maximum absolute atomic E-state index is 13.0. The van der Waals surface area contributed by atoms with Gasteiger partial charge in [0.1, 0.15) is 17.7 Å². The zero-order chi connectivity index (χ0) is 14.5. The Bertz CT molecular complexity index is 410. The van der Waals surface area contributed by atoms with Gasteiger partial charge in [0.2, 0.25) is 0 Å². The van der Waals surface area contributed by atoms with E-state index in [2.05, 4.69) is 0 Å². The molecule has 0 aliphatic carbocycles. The van der Waals surface area contributed by atoms with E-state index in [1.54, 1.807) is 39.8 Å². The van der Waals surface area contributed by atoms with Crippen molar-refractivity contribution in [2.45, 2.75) is 52.0 Å². The first-order valence-electron chi connectivity index (χ1n) is 6.32. The Kier molecular flexibility index (Phi) is 5.98. The summed E-state index contributed by atoms with van der Waals surface area (Å²) in [5.41, 5.74) is -0.704. The third-order valence-corrected chi connectivity index (χ3v) is 4.95. The lowest BCUT2D eigenvalue weighted by atomic mass is 10.2. The molecule has 0 saturated heterocycles. The topological polar surface area (TPSA) is 65.7 Å². The number of carbonyl (C=O) groups excluding carboxylic acids is 1. The van der Waals surface area contributed by atoms with Crippen molar-refractivity contribution in [2.24, 2.45) is 0 Å². The first-order valence-corrected chi connectivity index (χ1v) is 7.93. The van der Waals surface area contributed by atoms with Crippen molar-refractivity contribution >= 4 is 13.9 Å². The molecule has 6 heteroatoms. The van der Waals surface area contributed by atoms with Gasteiger partial charge in [0.15, 0.2) is 0 Å². The number of rotatable bonds is 8. The highest BCUT2D eigenvalue weighted by Gasteiger charge is 2.40. The van der Waals surface area contributed by atoms with Gasteiger partial charge < -0.3 is 18.3 Å². The maximum Gasteiger partial charge on any atom is 0.342 e. The van der Waals surface area contributed by atoms with Crippen molar-refractivity contribution in [3.63, 3.8) is 0 Å². The van der Waals surface area contributed by atoms with Crippen LogP contribution in [-0.4, -0.2) is 18.5 Å². The molecule has 0 spiro atoms. The van der Waals surface area contributed by atoms with E-state index in [1.807, 2.05) is 0 Å². The normalized spacial score (nSPS) is 14.0. The summed E-state index contributed by atoms with van der Waals surface area (Å²) < 4.78 is 29.2. The summed E-state index contributed by atoms with van der Waals surface area (Å²) in [5.74, 6) is 0.441. The van der Waals surface area contributed by atoms with Crippen LogP contribution in [0.2, 0.25) is 0 Å². The van der Waals surface area contributed by atoms with Gasteiger partial charge in [0, 0.05) is 6.42 Å². The van der Waals surface area contributed by atoms with Crippen LogP contribution in [0.1, 0.15) is 45.5 Å². The molecular weight excluding hydrogens is 267 g/mol. The van der Waals surface area contributed by atoms with Crippen LogP contribution < -0.4 is 0 Å². The molecule has 0 aliphatic heterocycles. The summed E-state index contributed by atoms with van der Waals surface area (Å²) in [6.45, 7) is 7.10. The van der Waals surface area contributed by atoms with Gasteiger partial charge in [-0.25, -0.2) is 0 Å². The van der Waals surface area contributed by atoms with Crippen molar-refractivity contribution < 1.29 is 22.8 Å². The minimum absolute atomic E-state index is 0.0320. The Balaban J connectivity index is 3.10. The lowest BCUT2D eigenvalue weighted by molar-refractivity contribution is -0.108. The van der Waals surface area contributed by atoms with Crippen LogP contribution in [0.4, 0.5) is 0 Å². The molecule has 0 bridgehead atoms. The second kappa shape index (κ2) is 7.04. The van der Waals surface area contributed by atoms with Crippen molar-refractivity contribution in [1.82, 2.24) is 0 Å². The predicted octanol–water partition coefficient (Wildman–Crippen LogP) is 3.95. The quantitative estimate of drug-likeness (QED) is 0.535. The van der Waals surface area contributed by atoms with E-state index in [4.69, 9.17) is 13.5 Å². The van der Waals surface area contributed by atoms with Crippen molar-refractivity contribution in [2.75, 3.05) is 0 Å². The standard InChI is InChI=1S/C13H21O5P/c1-10(2)17-19(15,18-11(3)4)13(7-8-14)12-6-5-9-16-12/h5-6,8-11,13H,7H2,1-4H3/t13-/m0/s1. The molecule has 0 saturated carbocycles. The van der Waals surface area contributed by atoms with Gasteiger partial charge in [-0.1, -0.05) is 0 Å². The van der Waals surface area contributed by atoms with E-state index >= 15 is 0 Å². The fraction of sp³-hybridized carbons (Fsp3) is 0.615. The predicted molar refractivity (Wildman–Crippen MR) is 72.2 cm³/mol. The Morgan fingerprint density at radius 1 is 1.26 bits per heavy atom. The van der Waals surface area contributed by atoms with Crippen LogP contribution in [-0.2, 0) is 18.4 Å². The number of carbonyl (C=O) groups is 1. The Hall–Kier alpha value is -0.900. The van der Waals surface area contributed by atoms with Gasteiger partial charge in [-0.15, -0.1) is 0 Å². The number of aldehydes is 1. The second-order valence-electron chi connectivity index (χ2n) is 4.78. The molecule has 0 fully saturated rings. The summed E-state index contributed by atoms with van der Waals surface area (Å²) >= 11 is 0. The van der Waals surface area contributed by atoms with Crippen molar-refractivity contribution in [3.8, 4) is 0 Å². The van der Waals surface area contributed by atoms with E-state index in [0.29, 0.717) is 12.0 Å². The number of furan rings is 1. The van der Waals surface area contributed by atoms with Crippen LogP contribution in [0, 0.1) is 0 Å². The van der Waals surface area contributed by atoms with E-state index in [9.17, 15) is 9.36 Å². The van der Waals surface area contributed by atoms with Gasteiger partial charge in [0.25, 0.3) is 0 Å². The molecule has 1 aromatic rings. The molecule has 1 heterocycles. The maximum atomic E-state index is 13.0. The van der Waals surface area contributed by atoms with Gasteiger partial charge in [-0.05, 0) is 39.8 Å². The van der Waals surface area contributed by atoms with Crippen LogP contribution in [0.5, 0.6) is 0 Å². The fourth-order valence-electron chi connectivity index (χ4n) is 1.73. The minimum Gasteiger partial charge on any atom is -0.468 e. The number of hydrogen-bond acceptors (Lipinski definition) is 5. The highest BCUT2D eigenvalue weighted by Crippen LogP contribution is 2.63. The molecule has 1 aromatic heterocycles. The van der Waals surface area contributed by atoms with Crippen molar-refractivity contribution in [1.29, 1.82) is 0 Å². The average Bonchev–Trinajstić information content (AvgIpc) is 2.76. The molecule has 0 aliphatic rings. The summed E-state index contributed by atoms with van der Waals surface area (Å²) in [6.07, 6.45) is 1.67. The van der Waals surface area contributed by atoms with Crippen LogP contribution in [0.25, 0.3) is 0 Å². The molecule has 0 amide bonds. The summed E-state index contributed by atoms with van der Waals surface area (Å²) in [4.78, 5) is 10.9. The smallest absolute Gasteiger partial charge is 0.342 e. The number of hydrogen-bond donors (Lipinski definition) is 0. The highest BCUT2D eigenvalue weighted by atomic mass is 31.2. The zero-order valence-electron chi connectivity index (χ0n) is 11.7. The molecule has 108 valence electrons. The molecule has 0 radical (unpaired) electrons. The Labute approximate surface area is 113 Å². The summed E-state index contributed by atoms with van der Waals surface area (Å²) in [7, 11) is -3.47. The largest absolute Gasteiger partial charge is 0.468 e. The van der Waals surface area contributed by atoms with Gasteiger partial charge in [0.05, 0.1) is 18.5 Å². The van der Waals surface area contributed by atoms with Crippen LogP contribution in [0.3, 0.4) is 0 Å². The monoisotopic (exact) mass is 288 g/mol. The Morgan fingerprint density at radius 2 is 1.84 bits per heavy atom. The lowest BCUT2D eigenvalue weighted by Crippen LogP contribution is -2.13. The molecule has 0 N–H and O–H groups in total. The first kappa shape index (κ1) is 16.2. The molecule has 0 aromatic carbocycles. The van der Waals surface area contributed by atoms with Crippen LogP contribution in [0.15, 0.2) is 22.8 Å². The lowest BCUT2D eigenvalue weighted by Gasteiger charge is -2.27. The molecular formula is C13H21O5P. The average molecular weight is 288 g/mol. The minimum atomic E-state index is -3.47. The molecule has 5 nitrogen and oxygen atoms in total. The third kappa shape index (κ3) is 4.60. The van der Waals surface area contributed by atoms with Gasteiger partial charge in [-0.2, -0.15) is 0 Å². The first-order chi connectivity index (χ1) is 8.89. The fourth-order valence-corrected chi connectivity index (χ4v) is 4.05. The second-order valence-corrected chi connectivity index (χ2v) is 6.91. The molecule has 1 rings (SSSR count). The third-order valence-electron chi connectivity index (χ3n) is 2.29. The zero-order valence-corrected chi connectivity index (χ0v) is 12.6. The highest BCUT2D eigenvalue weighted by molar-refractivity contribution is 7.54. The summed E-state index contributed by atoms with van der Waals surface area (Å²) in [5, 5.41) is 0. The molecule has 1 atom stereocenters. The molecule has 19 heavy (non-hydrogen) atoms.